The van der Waals surface area contributed by atoms with E-state index in [2.05, 4.69) is 4.98 Å². The molecule has 1 unspecified atom stereocenters. The number of halogens is 1. The lowest BCUT2D eigenvalue weighted by Gasteiger charge is -2.16. The molecule has 21 heavy (non-hydrogen) atoms. The molecule has 4 nitrogen and oxygen atoms in total. The molecule has 1 heterocycles. The quantitative estimate of drug-likeness (QED) is 0.854. The highest BCUT2D eigenvalue weighted by Gasteiger charge is 2.21. The zero-order valence-electron chi connectivity index (χ0n) is 11.7. The minimum absolute atomic E-state index is 0.0705. The van der Waals surface area contributed by atoms with Gasteiger partial charge in [-0.1, -0.05) is 42.9 Å². The van der Waals surface area contributed by atoms with Gasteiger partial charge in [-0.2, -0.15) is 0 Å². The van der Waals surface area contributed by atoms with E-state index in [1.54, 1.807) is 16.8 Å². The summed E-state index contributed by atoms with van der Waals surface area (Å²) in [6, 6.07) is 7.28. The highest BCUT2D eigenvalue weighted by Crippen LogP contribution is 2.27. The third-order valence-corrected chi connectivity index (χ3v) is 3.96. The largest absolute Gasteiger partial charge is 0.481 e. The molecule has 0 aliphatic heterocycles. The first-order valence-electron chi connectivity index (χ1n) is 6.45. The number of hydrogen-bond acceptors (Lipinski definition) is 3. The zero-order valence-corrected chi connectivity index (χ0v) is 13.3. The maximum absolute atomic E-state index is 11.1. The third kappa shape index (κ3) is 3.31. The highest BCUT2D eigenvalue weighted by molar-refractivity contribution is 7.80. The van der Waals surface area contributed by atoms with Crippen molar-refractivity contribution in [2.45, 2.75) is 26.2 Å². The number of rotatable bonds is 5. The monoisotopic (exact) mass is 322 g/mol. The molecule has 0 saturated carbocycles. The fourth-order valence-electron chi connectivity index (χ4n) is 2.08. The van der Waals surface area contributed by atoms with Gasteiger partial charge in [-0.15, -0.1) is 0 Å². The highest BCUT2D eigenvalue weighted by atomic mass is 35.5. The summed E-state index contributed by atoms with van der Waals surface area (Å²) < 4.78 is 1.79. The van der Waals surface area contributed by atoms with E-state index >= 15 is 0 Å². The molecule has 0 spiro atoms. The normalized spacial score (nSPS) is 12.1. The first kappa shape index (κ1) is 15.7. The number of benzene rings is 1. The first-order valence-corrected chi connectivity index (χ1v) is 7.24. The Balaban J connectivity index is 2.64. The smallest absolute Gasteiger partial charge is 0.309 e. The number of aromatic nitrogens is 2. The van der Waals surface area contributed by atoms with E-state index in [1.165, 1.54) is 0 Å². The topological polar surface area (TPSA) is 55.1 Å². The number of carboxylic acid groups (broad SMARTS) is 1. The van der Waals surface area contributed by atoms with Gasteiger partial charge in [0, 0.05) is 17.0 Å². The van der Waals surface area contributed by atoms with Crippen LogP contribution in [0.5, 0.6) is 0 Å². The molecule has 0 radical (unpaired) electrons. The molecule has 1 atom stereocenters. The Hall–Kier alpha value is -1.72. The summed E-state index contributed by atoms with van der Waals surface area (Å²) in [6.45, 7) is 3.80. The molecule has 0 saturated heterocycles. The fraction of sp³-hybridized carbons (Fsp3) is 0.267. The molecule has 1 aromatic carbocycles. The van der Waals surface area contributed by atoms with Crippen molar-refractivity contribution in [3.8, 4) is 5.69 Å². The van der Waals surface area contributed by atoms with Gasteiger partial charge in [0.1, 0.15) is 5.82 Å². The van der Waals surface area contributed by atoms with E-state index in [4.69, 9.17) is 28.9 Å². The number of nitrogens with zero attached hydrogens (tertiary/aromatic N) is 2. The maximum Gasteiger partial charge on any atom is 0.309 e. The van der Waals surface area contributed by atoms with E-state index in [-0.39, 0.29) is 12.3 Å². The van der Waals surface area contributed by atoms with Gasteiger partial charge >= 0.3 is 5.97 Å². The molecule has 0 fully saturated rings. The van der Waals surface area contributed by atoms with Crippen LogP contribution < -0.4 is 0 Å². The van der Waals surface area contributed by atoms with Gasteiger partial charge in [0.25, 0.3) is 0 Å². The van der Waals surface area contributed by atoms with Crippen molar-refractivity contribution in [1.29, 1.82) is 0 Å². The van der Waals surface area contributed by atoms with Crippen LogP contribution in [0.3, 0.4) is 0 Å². The summed E-state index contributed by atoms with van der Waals surface area (Å²) >= 11 is 11.5. The Bertz CT molecular complexity index is 697. The molecule has 0 aliphatic rings. The number of carbonyl (C=O) groups is 1. The molecule has 0 bridgehead atoms. The number of hydrogen-bond donors (Lipinski definition) is 1. The van der Waals surface area contributed by atoms with Crippen molar-refractivity contribution < 1.29 is 9.90 Å². The number of aliphatic carboxylic acids is 1. The van der Waals surface area contributed by atoms with Crippen molar-refractivity contribution in [2.75, 3.05) is 0 Å². The van der Waals surface area contributed by atoms with Gasteiger partial charge in [-0.05, 0) is 19.1 Å². The average Bonchev–Trinajstić information content (AvgIpc) is 2.81. The van der Waals surface area contributed by atoms with Gasteiger partial charge in [0.2, 0.25) is 0 Å². The van der Waals surface area contributed by atoms with Gasteiger partial charge in [0.15, 0.2) is 0 Å². The van der Waals surface area contributed by atoms with E-state index in [0.29, 0.717) is 22.2 Å². The summed E-state index contributed by atoms with van der Waals surface area (Å²) in [5, 5.41) is 9.60. The van der Waals surface area contributed by atoms with Crippen LogP contribution in [0.25, 0.3) is 5.69 Å². The minimum atomic E-state index is -0.915. The predicted octanol–water partition coefficient (Wildman–Crippen LogP) is 3.65. The maximum atomic E-state index is 11.1. The van der Waals surface area contributed by atoms with E-state index in [1.807, 2.05) is 32.0 Å². The summed E-state index contributed by atoms with van der Waals surface area (Å²) in [5.74, 6) is -0.285. The second-order valence-corrected chi connectivity index (χ2v) is 5.85. The van der Waals surface area contributed by atoms with Crippen LogP contribution in [0.2, 0.25) is 5.02 Å². The van der Waals surface area contributed by atoms with Crippen molar-refractivity contribution in [1.82, 2.24) is 9.55 Å². The molecule has 110 valence electrons. The summed E-state index contributed by atoms with van der Waals surface area (Å²) in [4.78, 5) is 16.2. The third-order valence-electron chi connectivity index (χ3n) is 3.28. The Morgan fingerprint density at radius 1 is 1.48 bits per heavy atom. The molecule has 0 amide bonds. The Labute approximate surface area is 133 Å². The molecule has 1 aromatic heterocycles. The number of para-hydroxylation sites is 1. The Morgan fingerprint density at radius 2 is 2.14 bits per heavy atom. The summed E-state index contributed by atoms with van der Waals surface area (Å²) in [6.07, 6.45) is 1.45. The molecule has 2 rings (SSSR count). The van der Waals surface area contributed by atoms with Gasteiger partial charge < -0.3 is 5.11 Å². The van der Waals surface area contributed by atoms with Crippen LogP contribution in [-0.4, -0.2) is 25.5 Å². The fourth-order valence-corrected chi connectivity index (χ4v) is 2.41. The molecule has 2 aromatic rings. The molecule has 0 aliphatic carbocycles. The first-order chi connectivity index (χ1) is 9.91. The number of imidazole rings is 1. The van der Waals surface area contributed by atoms with E-state index in [9.17, 15) is 4.79 Å². The lowest BCUT2D eigenvalue weighted by Crippen LogP contribution is -2.14. The molecular weight excluding hydrogens is 308 g/mol. The predicted molar refractivity (Wildman–Crippen MR) is 86.6 cm³/mol. The van der Waals surface area contributed by atoms with Crippen molar-refractivity contribution in [3.63, 3.8) is 0 Å². The number of thiocarbonyl (C=S) groups is 1. The average molecular weight is 323 g/mol. The van der Waals surface area contributed by atoms with Crippen molar-refractivity contribution in [2.24, 2.45) is 0 Å². The molecule has 1 N–H and O–H groups in total. The van der Waals surface area contributed by atoms with Crippen LogP contribution in [-0.2, 0) is 11.2 Å². The van der Waals surface area contributed by atoms with Gasteiger partial charge in [-0.25, -0.2) is 4.98 Å². The lowest BCUT2D eigenvalue weighted by molar-refractivity contribution is -0.136. The second-order valence-electron chi connectivity index (χ2n) is 4.80. The van der Waals surface area contributed by atoms with E-state index < -0.39 is 5.97 Å². The van der Waals surface area contributed by atoms with Crippen molar-refractivity contribution >= 4 is 34.7 Å². The second kappa shape index (κ2) is 6.37. The Morgan fingerprint density at radius 3 is 2.71 bits per heavy atom. The van der Waals surface area contributed by atoms with E-state index in [0.717, 1.165) is 4.86 Å². The summed E-state index contributed by atoms with van der Waals surface area (Å²) in [7, 11) is 0. The van der Waals surface area contributed by atoms with Gasteiger partial charge in [0.05, 0.1) is 22.8 Å². The van der Waals surface area contributed by atoms with Crippen molar-refractivity contribution in [3.05, 3.63) is 47.0 Å². The SMILES string of the molecule is CC(=S)C(C)c1ncc(CC(=O)O)n1-c1ccccc1Cl. The number of carboxylic acids is 1. The van der Waals surface area contributed by atoms with Crippen LogP contribution in [0.4, 0.5) is 0 Å². The molecule has 6 heteroatoms. The zero-order chi connectivity index (χ0) is 15.6. The van der Waals surface area contributed by atoms with Crippen LogP contribution in [0.1, 0.15) is 31.3 Å². The minimum Gasteiger partial charge on any atom is -0.481 e. The van der Waals surface area contributed by atoms with Gasteiger partial charge in [-0.3, -0.25) is 9.36 Å². The van der Waals surface area contributed by atoms with Crippen LogP contribution in [0, 0.1) is 0 Å². The lowest BCUT2D eigenvalue weighted by atomic mass is 10.1. The summed E-state index contributed by atoms with van der Waals surface area (Å²) in [5.41, 5.74) is 1.29. The van der Waals surface area contributed by atoms with Crippen LogP contribution >= 0.6 is 23.8 Å². The molecular formula is C15H15ClN2O2S. The Kier molecular flexibility index (Phi) is 4.75. The van der Waals surface area contributed by atoms with Crippen LogP contribution in [0.15, 0.2) is 30.5 Å². The standard InChI is InChI=1S/C15H15ClN2O2S/c1-9(10(2)21)15-17-8-11(7-14(19)20)18(15)13-6-4-3-5-12(13)16/h3-6,8-9H,7H2,1-2H3,(H,19,20).